The summed E-state index contributed by atoms with van der Waals surface area (Å²) in [5.74, 6) is 0. The second-order valence-corrected chi connectivity index (χ2v) is 7.40. The quantitative estimate of drug-likeness (QED) is 0.715. The number of amides is 2. The van der Waals surface area contributed by atoms with Crippen molar-refractivity contribution in [1.82, 2.24) is 15.5 Å². The normalized spacial score (nSPS) is 21.6. The zero-order chi connectivity index (χ0) is 16.7. The highest BCUT2D eigenvalue weighted by molar-refractivity contribution is 7.10. The van der Waals surface area contributed by atoms with Crippen molar-refractivity contribution >= 4 is 17.4 Å². The van der Waals surface area contributed by atoms with Crippen LogP contribution < -0.4 is 10.6 Å². The van der Waals surface area contributed by atoms with Gasteiger partial charge in [-0.05, 0) is 44.2 Å². The summed E-state index contributed by atoms with van der Waals surface area (Å²) in [5.41, 5.74) is -1.02. The molecule has 23 heavy (non-hydrogen) atoms. The Bertz CT molecular complexity index is 476. The van der Waals surface area contributed by atoms with E-state index in [1.54, 1.807) is 6.92 Å². The van der Waals surface area contributed by atoms with E-state index in [4.69, 9.17) is 0 Å². The first-order valence-electron chi connectivity index (χ1n) is 8.55. The van der Waals surface area contributed by atoms with Crippen LogP contribution in [-0.2, 0) is 5.60 Å². The molecule has 2 atom stereocenters. The Balaban J connectivity index is 1.67. The van der Waals surface area contributed by atoms with E-state index in [0.29, 0.717) is 12.6 Å². The summed E-state index contributed by atoms with van der Waals surface area (Å²) in [6.45, 7) is 6.83. The lowest BCUT2D eigenvalue weighted by atomic mass is 10.0. The van der Waals surface area contributed by atoms with E-state index >= 15 is 0 Å². The summed E-state index contributed by atoms with van der Waals surface area (Å²) >= 11 is 1.49. The van der Waals surface area contributed by atoms with Crippen LogP contribution in [0.25, 0.3) is 0 Å². The fourth-order valence-electron chi connectivity index (χ4n) is 3.12. The molecular formula is C17H29N3O2S. The van der Waals surface area contributed by atoms with Crippen LogP contribution in [0.1, 0.15) is 44.4 Å². The van der Waals surface area contributed by atoms with Crippen LogP contribution in [0.3, 0.4) is 0 Å². The van der Waals surface area contributed by atoms with Crippen LogP contribution >= 0.6 is 11.3 Å². The van der Waals surface area contributed by atoms with Crippen molar-refractivity contribution in [2.45, 2.75) is 51.2 Å². The van der Waals surface area contributed by atoms with Crippen molar-refractivity contribution in [3.05, 3.63) is 22.4 Å². The number of rotatable bonds is 7. The third-order valence-corrected chi connectivity index (χ3v) is 5.67. The molecular weight excluding hydrogens is 310 g/mol. The summed E-state index contributed by atoms with van der Waals surface area (Å²) in [6.07, 6.45) is 5.02. The second-order valence-electron chi connectivity index (χ2n) is 6.45. The zero-order valence-electron chi connectivity index (χ0n) is 14.2. The standard InChI is InChI=1S/C17H29N3O2S/c1-3-14-7-4-5-10-20(14)11-9-18-16(21)19-13-17(2,22)15-8-6-12-23-15/h6,8,12,14,22H,3-5,7,9-11,13H2,1-2H3,(H2,18,19,21). The molecule has 0 saturated carbocycles. The minimum Gasteiger partial charge on any atom is -0.383 e. The van der Waals surface area contributed by atoms with Gasteiger partial charge in [0, 0.05) is 24.0 Å². The molecule has 0 aromatic carbocycles. The van der Waals surface area contributed by atoms with Gasteiger partial charge < -0.3 is 15.7 Å². The SMILES string of the molecule is CCC1CCCCN1CCNC(=O)NCC(C)(O)c1cccs1. The first-order valence-corrected chi connectivity index (χ1v) is 9.43. The molecule has 3 N–H and O–H groups in total. The Hall–Kier alpha value is -1.11. The van der Waals surface area contributed by atoms with Crippen molar-refractivity contribution in [2.24, 2.45) is 0 Å². The maximum Gasteiger partial charge on any atom is 0.314 e. The molecule has 1 fully saturated rings. The number of carbonyl (C=O) groups is 1. The molecule has 2 heterocycles. The number of carbonyl (C=O) groups excluding carboxylic acids is 1. The number of hydrogen-bond donors (Lipinski definition) is 3. The summed E-state index contributed by atoms with van der Waals surface area (Å²) in [7, 11) is 0. The van der Waals surface area contributed by atoms with E-state index in [1.165, 1.54) is 37.0 Å². The van der Waals surface area contributed by atoms with E-state index in [2.05, 4.69) is 22.5 Å². The average molecular weight is 340 g/mol. The number of aliphatic hydroxyl groups is 1. The van der Waals surface area contributed by atoms with Gasteiger partial charge in [-0.3, -0.25) is 4.90 Å². The van der Waals surface area contributed by atoms with Crippen LogP contribution in [0.5, 0.6) is 0 Å². The van der Waals surface area contributed by atoms with Gasteiger partial charge in [-0.25, -0.2) is 4.79 Å². The molecule has 0 bridgehead atoms. The maximum atomic E-state index is 11.9. The third kappa shape index (κ3) is 5.48. The molecule has 2 unspecified atom stereocenters. The van der Waals surface area contributed by atoms with Crippen LogP contribution in [0.2, 0.25) is 0 Å². The smallest absolute Gasteiger partial charge is 0.314 e. The molecule has 1 aliphatic heterocycles. The molecule has 1 saturated heterocycles. The van der Waals surface area contributed by atoms with E-state index in [1.807, 2.05) is 17.5 Å². The molecule has 2 amide bonds. The molecule has 5 nitrogen and oxygen atoms in total. The highest BCUT2D eigenvalue weighted by atomic mass is 32.1. The number of nitrogens with one attached hydrogen (secondary N) is 2. The lowest BCUT2D eigenvalue weighted by Gasteiger charge is -2.35. The monoisotopic (exact) mass is 339 g/mol. The Morgan fingerprint density at radius 2 is 2.30 bits per heavy atom. The number of likely N-dealkylation sites (tertiary alicyclic amines) is 1. The largest absolute Gasteiger partial charge is 0.383 e. The molecule has 1 aromatic heterocycles. The van der Waals surface area contributed by atoms with Gasteiger partial charge in [0.15, 0.2) is 0 Å². The third-order valence-electron chi connectivity index (χ3n) is 4.55. The van der Waals surface area contributed by atoms with E-state index < -0.39 is 5.60 Å². The summed E-state index contributed by atoms with van der Waals surface area (Å²) in [6, 6.07) is 4.23. The highest BCUT2D eigenvalue weighted by Gasteiger charge is 2.25. The topological polar surface area (TPSA) is 64.6 Å². The van der Waals surface area contributed by atoms with Gasteiger partial charge in [0.1, 0.15) is 5.60 Å². The van der Waals surface area contributed by atoms with Crippen molar-refractivity contribution in [1.29, 1.82) is 0 Å². The lowest BCUT2D eigenvalue weighted by Crippen LogP contribution is -2.47. The molecule has 6 heteroatoms. The molecule has 130 valence electrons. The molecule has 1 aromatic rings. The van der Waals surface area contributed by atoms with Crippen LogP contribution in [0, 0.1) is 0 Å². The fourth-order valence-corrected chi connectivity index (χ4v) is 3.90. The highest BCUT2D eigenvalue weighted by Crippen LogP contribution is 2.24. The van der Waals surface area contributed by atoms with Crippen molar-refractivity contribution < 1.29 is 9.90 Å². The van der Waals surface area contributed by atoms with Crippen LogP contribution in [0.15, 0.2) is 17.5 Å². The maximum absolute atomic E-state index is 11.9. The summed E-state index contributed by atoms with van der Waals surface area (Å²) in [5, 5.41) is 18.0. The van der Waals surface area contributed by atoms with Gasteiger partial charge in [-0.1, -0.05) is 19.4 Å². The zero-order valence-corrected chi connectivity index (χ0v) is 15.0. The Morgan fingerprint density at radius 3 is 3.00 bits per heavy atom. The minimum atomic E-state index is -1.02. The van der Waals surface area contributed by atoms with Gasteiger partial charge in [-0.2, -0.15) is 0 Å². The predicted octanol–water partition coefficient (Wildman–Crippen LogP) is 2.52. The second kappa shape index (κ2) is 8.66. The van der Waals surface area contributed by atoms with Gasteiger partial charge >= 0.3 is 6.03 Å². The van der Waals surface area contributed by atoms with Crippen molar-refractivity contribution in [3.63, 3.8) is 0 Å². The van der Waals surface area contributed by atoms with Crippen molar-refractivity contribution in [2.75, 3.05) is 26.2 Å². The van der Waals surface area contributed by atoms with Crippen LogP contribution in [0.4, 0.5) is 4.79 Å². The number of hydrogen-bond acceptors (Lipinski definition) is 4. The minimum absolute atomic E-state index is 0.209. The average Bonchev–Trinajstić information content (AvgIpc) is 3.09. The fraction of sp³-hybridized carbons (Fsp3) is 0.706. The number of thiophene rings is 1. The predicted molar refractivity (Wildman–Crippen MR) is 94.8 cm³/mol. The molecule has 0 spiro atoms. The Morgan fingerprint density at radius 1 is 1.48 bits per heavy atom. The molecule has 1 aliphatic rings. The van der Waals surface area contributed by atoms with Gasteiger partial charge in [0.25, 0.3) is 0 Å². The van der Waals surface area contributed by atoms with Gasteiger partial charge in [0.05, 0.1) is 6.54 Å². The van der Waals surface area contributed by atoms with Gasteiger partial charge in [-0.15, -0.1) is 11.3 Å². The molecule has 0 radical (unpaired) electrons. The van der Waals surface area contributed by atoms with Crippen LogP contribution in [-0.4, -0.2) is 48.3 Å². The first-order chi connectivity index (χ1) is 11.0. The van der Waals surface area contributed by atoms with Gasteiger partial charge in [0.2, 0.25) is 0 Å². The van der Waals surface area contributed by atoms with E-state index in [0.717, 1.165) is 18.0 Å². The van der Waals surface area contributed by atoms with Crippen molar-refractivity contribution in [3.8, 4) is 0 Å². The van der Waals surface area contributed by atoms with E-state index in [9.17, 15) is 9.90 Å². The summed E-state index contributed by atoms with van der Waals surface area (Å²) < 4.78 is 0. The summed E-state index contributed by atoms with van der Waals surface area (Å²) in [4.78, 5) is 15.2. The number of piperidine rings is 1. The lowest BCUT2D eigenvalue weighted by molar-refractivity contribution is 0.0630. The molecule has 0 aliphatic carbocycles. The Kier molecular flexibility index (Phi) is 6.87. The Labute approximate surface area is 143 Å². The molecule has 2 rings (SSSR count). The number of nitrogens with zero attached hydrogens (tertiary/aromatic N) is 1. The van der Waals surface area contributed by atoms with E-state index in [-0.39, 0.29) is 12.6 Å². The first kappa shape index (κ1) is 18.2. The number of urea groups is 1.